The Morgan fingerprint density at radius 1 is 1.42 bits per heavy atom. The molecule has 0 bridgehead atoms. The molecule has 0 heterocycles. The molecule has 0 fully saturated rings. The summed E-state index contributed by atoms with van der Waals surface area (Å²) in [6.07, 6.45) is -5.69. The molecule has 0 unspecified atom stereocenters. The molecule has 0 aromatic rings. The Labute approximate surface area is 108 Å². The summed E-state index contributed by atoms with van der Waals surface area (Å²) in [5.74, 6) is -0.690. The molecule has 112 valence electrons. The number of rotatable bonds is 8. The lowest BCUT2D eigenvalue weighted by molar-refractivity contribution is -0.129. The number of phosphoric acid groups is 1. The number of amides is 1. The van der Waals surface area contributed by atoms with E-state index in [4.69, 9.17) is 14.9 Å². The molecule has 10 nitrogen and oxygen atoms in total. The zero-order chi connectivity index (χ0) is 15.2. The summed E-state index contributed by atoms with van der Waals surface area (Å²) in [4.78, 5) is 38.7. The third kappa shape index (κ3) is 6.73. The fourth-order valence-electron chi connectivity index (χ4n) is 1.26. The predicted molar refractivity (Wildman–Crippen MR) is 59.7 cm³/mol. The minimum absolute atomic E-state index is 0.103. The molecule has 0 radical (unpaired) electrons. The lowest BCUT2D eigenvalue weighted by atomic mass is 10.0. The van der Waals surface area contributed by atoms with Crippen molar-refractivity contribution in [3.05, 3.63) is 0 Å². The Balaban J connectivity index is 5.06. The van der Waals surface area contributed by atoms with Crippen LogP contribution in [0.4, 0.5) is 0 Å². The molecule has 0 aliphatic rings. The molecule has 6 N–H and O–H groups in total. The molecule has 0 rings (SSSR count). The van der Waals surface area contributed by atoms with Crippen molar-refractivity contribution in [3.8, 4) is 0 Å². The number of carbonyl (C=O) groups is 2. The van der Waals surface area contributed by atoms with Gasteiger partial charge in [0.05, 0.1) is 6.61 Å². The van der Waals surface area contributed by atoms with Crippen LogP contribution >= 0.6 is 7.82 Å². The number of aliphatic hydroxyl groups is 3. The van der Waals surface area contributed by atoms with Crippen molar-refractivity contribution in [2.45, 2.75) is 31.3 Å². The second kappa shape index (κ2) is 7.65. The van der Waals surface area contributed by atoms with Crippen molar-refractivity contribution in [3.63, 3.8) is 0 Å². The zero-order valence-corrected chi connectivity index (χ0v) is 10.8. The minimum Gasteiger partial charge on any atom is -0.394 e. The van der Waals surface area contributed by atoms with Crippen LogP contribution in [0.5, 0.6) is 0 Å². The highest BCUT2D eigenvalue weighted by Crippen LogP contribution is 2.39. The molecule has 19 heavy (non-hydrogen) atoms. The number of aliphatic hydroxyl groups excluding tert-OH is 3. The maximum absolute atomic E-state index is 10.8. The molecule has 0 aromatic carbocycles. The number of hydrogen-bond donors (Lipinski definition) is 6. The average molecular weight is 301 g/mol. The highest BCUT2D eigenvalue weighted by atomic mass is 31.2. The smallest absolute Gasteiger partial charge is 0.394 e. The normalized spacial score (nSPS) is 18.2. The zero-order valence-electron chi connectivity index (χ0n) is 9.91. The molecule has 0 aromatic heterocycles. The van der Waals surface area contributed by atoms with Crippen molar-refractivity contribution < 1.29 is 43.8 Å². The standard InChI is InChI=1S/C8H16NO9P/c1-4(12)9-5(2-10)7(14)8(6(13)3-11)18-19(15,16)17/h2,5-8,11,13-14H,3H2,1H3,(H,9,12)(H2,15,16,17)/t5-,6+,7+,8+/m0/s1. The number of hydrogen-bond acceptors (Lipinski definition) is 7. The van der Waals surface area contributed by atoms with Gasteiger partial charge >= 0.3 is 7.82 Å². The second-order valence-electron chi connectivity index (χ2n) is 3.66. The van der Waals surface area contributed by atoms with Crippen LogP contribution in [0.15, 0.2) is 0 Å². The van der Waals surface area contributed by atoms with Crippen molar-refractivity contribution in [1.82, 2.24) is 5.32 Å². The van der Waals surface area contributed by atoms with Gasteiger partial charge in [0.2, 0.25) is 5.91 Å². The summed E-state index contributed by atoms with van der Waals surface area (Å²) in [7, 11) is -5.09. The van der Waals surface area contributed by atoms with Gasteiger partial charge in [-0.1, -0.05) is 0 Å². The Kier molecular flexibility index (Phi) is 7.30. The van der Waals surface area contributed by atoms with Crippen molar-refractivity contribution in [2.75, 3.05) is 6.61 Å². The van der Waals surface area contributed by atoms with Gasteiger partial charge in [-0.2, -0.15) is 0 Å². The van der Waals surface area contributed by atoms with Crippen LogP contribution in [-0.4, -0.2) is 68.3 Å². The van der Waals surface area contributed by atoms with Crippen molar-refractivity contribution >= 4 is 20.0 Å². The van der Waals surface area contributed by atoms with Crippen molar-refractivity contribution in [1.29, 1.82) is 0 Å². The van der Waals surface area contributed by atoms with Crippen LogP contribution in [-0.2, 0) is 18.7 Å². The summed E-state index contributed by atoms with van der Waals surface area (Å²) in [6.45, 7) is 0.0674. The first kappa shape index (κ1) is 18.1. The van der Waals surface area contributed by atoms with E-state index in [0.717, 1.165) is 6.92 Å². The monoisotopic (exact) mass is 301 g/mol. The van der Waals surface area contributed by atoms with E-state index >= 15 is 0 Å². The van der Waals surface area contributed by atoms with Crippen LogP contribution in [0.1, 0.15) is 6.92 Å². The molecule has 11 heteroatoms. The number of phosphoric ester groups is 1. The van der Waals surface area contributed by atoms with E-state index in [2.05, 4.69) is 4.52 Å². The van der Waals surface area contributed by atoms with Gasteiger partial charge in [0, 0.05) is 6.92 Å². The topological polar surface area (TPSA) is 174 Å². The average Bonchev–Trinajstić information content (AvgIpc) is 2.29. The van der Waals surface area contributed by atoms with Gasteiger partial charge in [0.1, 0.15) is 30.6 Å². The fraction of sp³-hybridized carbons (Fsp3) is 0.750. The number of aldehydes is 1. The van der Waals surface area contributed by atoms with Gasteiger partial charge in [-0.15, -0.1) is 0 Å². The van der Waals surface area contributed by atoms with Crippen LogP contribution in [0, 0.1) is 0 Å². The van der Waals surface area contributed by atoms with Gasteiger partial charge < -0.3 is 35.2 Å². The van der Waals surface area contributed by atoms with E-state index in [0.29, 0.717) is 0 Å². The maximum atomic E-state index is 10.8. The Morgan fingerprint density at radius 3 is 2.26 bits per heavy atom. The first-order valence-corrected chi connectivity index (χ1v) is 6.58. The largest absolute Gasteiger partial charge is 0.470 e. The molecule has 0 aliphatic carbocycles. The Hall–Kier alpha value is -0.870. The maximum Gasteiger partial charge on any atom is 0.470 e. The Bertz CT molecular complexity index is 356. The Morgan fingerprint density at radius 2 is 1.95 bits per heavy atom. The van der Waals surface area contributed by atoms with Gasteiger partial charge in [0.15, 0.2) is 0 Å². The summed E-state index contributed by atoms with van der Waals surface area (Å²) in [5.41, 5.74) is 0. The first-order chi connectivity index (χ1) is 8.62. The third-order valence-corrected chi connectivity index (χ3v) is 2.56. The van der Waals surface area contributed by atoms with Crippen LogP contribution in [0.25, 0.3) is 0 Å². The summed E-state index contributed by atoms with van der Waals surface area (Å²) in [5, 5.41) is 29.7. The van der Waals surface area contributed by atoms with Gasteiger partial charge in [-0.25, -0.2) is 4.57 Å². The second-order valence-corrected chi connectivity index (χ2v) is 4.86. The SMILES string of the molecule is CC(=O)N[C@@H](C=O)[C@@H](O)[C@H](OP(=O)(O)O)[C@H](O)CO. The minimum atomic E-state index is -5.09. The molecule has 0 saturated heterocycles. The first-order valence-electron chi connectivity index (χ1n) is 5.05. The van der Waals surface area contributed by atoms with Crippen LogP contribution < -0.4 is 5.32 Å². The van der Waals surface area contributed by atoms with E-state index in [1.54, 1.807) is 0 Å². The lowest BCUT2D eigenvalue weighted by Gasteiger charge is -2.29. The highest BCUT2D eigenvalue weighted by Gasteiger charge is 2.38. The number of nitrogens with one attached hydrogen (secondary N) is 1. The van der Waals surface area contributed by atoms with E-state index < -0.39 is 44.7 Å². The van der Waals surface area contributed by atoms with E-state index in [-0.39, 0.29) is 6.29 Å². The summed E-state index contributed by atoms with van der Waals surface area (Å²) >= 11 is 0. The summed E-state index contributed by atoms with van der Waals surface area (Å²) in [6, 6.07) is -1.56. The number of carbonyl (C=O) groups excluding carboxylic acids is 2. The summed E-state index contributed by atoms with van der Waals surface area (Å²) < 4.78 is 14.8. The predicted octanol–water partition coefficient (Wildman–Crippen LogP) is -3.12. The molecule has 1 amide bonds. The van der Waals surface area contributed by atoms with E-state index in [1.807, 2.05) is 5.32 Å². The van der Waals surface area contributed by atoms with Gasteiger partial charge in [0.25, 0.3) is 0 Å². The van der Waals surface area contributed by atoms with E-state index in [1.165, 1.54) is 0 Å². The molecule has 0 aliphatic heterocycles. The molecule has 0 saturated carbocycles. The van der Waals surface area contributed by atoms with Gasteiger partial charge in [-0.05, 0) is 0 Å². The molecule has 4 atom stereocenters. The van der Waals surface area contributed by atoms with E-state index in [9.17, 15) is 24.4 Å². The molecular formula is C8H16NO9P. The lowest BCUT2D eigenvalue weighted by Crippen LogP contribution is -2.53. The van der Waals surface area contributed by atoms with Crippen LogP contribution in [0.3, 0.4) is 0 Å². The van der Waals surface area contributed by atoms with Crippen LogP contribution in [0.2, 0.25) is 0 Å². The molecular weight excluding hydrogens is 285 g/mol. The quantitative estimate of drug-likeness (QED) is 0.200. The van der Waals surface area contributed by atoms with Gasteiger partial charge in [-0.3, -0.25) is 9.32 Å². The fourth-order valence-corrected chi connectivity index (χ4v) is 1.84. The third-order valence-electron chi connectivity index (χ3n) is 2.05. The highest BCUT2D eigenvalue weighted by molar-refractivity contribution is 7.46. The van der Waals surface area contributed by atoms with Crippen molar-refractivity contribution in [2.24, 2.45) is 0 Å². The molecule has 0 spiro atoms.